The molecule has 0 radical (unpaired) electrons. The van der Waals surface area contributed by atoms with Crippen LogP contribution in [0.2, 0.25) is 0 Å². The average Bonchev–Trinajstić information content (AvgIpc) is 2.16. The van der Waals surface area contributed by atoms with Crippen molar-refractivity contribution in [1.29, 1.82) is 0 Å². The normalized spacial score (nSPS) is 13.5. The van der Waals surface area contributed by atoms with E-state index in [4.69, 9.17) is 0 Å². The van der Waals surface area contributed by atoms with E-state index in [9.17, 15) is 0 Å². The van der Waals surface area contributed by atoms with Gasteiger partial charge in [-0.1, -0.05) is 12.1 Å². The lowest BCUT2D eigenvalue weighted by molar-refractivity contribution is 0.731. The molecule has 13 heavy (non-hydrogen) atoms. The summed E-state index contributed by atoms with van der Waals surface area (Å²) in [4.78, 5) is 4.27. The largest absolute Gasteiger partial charge is 0.314 e. The Bertz CT molecular complexity index is 275. The highest BCUT2D eigenvalue weighted by molar-refractivity contribution is 5.45. The Kier molecular flexibility index (Phi) is 3.65. The quantitative estimate of drug-likeness (QED) is 0.762. The first-order valence-electron chi connectivity index (χ1n) is 4.50. The minimum absolute atomic E-state index is 0.392. The van der Waals surface area contributed by atoms with E-state index in [1.54, 1.807) is 0 Å². The Morgan fingerprint density at radius 2 is 2.23 bits per heavy atom. The summed E-state index contributed by atoms with van der Waals surface area (Å²) in [5.74, 6) is 0. The van der Waals surface area contributed by atoms with Crippen LogP contribution in [-0.4, -0.2) is 18.1 Å². The van der Waals surface area contributed by atoms with E-state index in [2.05, 4.69) is 29.4 Å². The van der Waals surface area contributed by atoms with Gasteiger partial charge in [0, 0.05) is 12.2 Å². The van der Waals surface area contributed by atoms with Gasteiger partial charge in [0.2, 0.25) is 0 Å². The molecule has 0 aliphatic rings. The predicted molar refractivity (Wildman–Crippen MR) is 56.5 cm³/mol. The molecule has 0 spiro atoms. The highest BCUT2D eigenvalue weighted by atomic mass is 14.8. The fraction of sp³-hybridized carbons (Fsp3) is 0.364. The second-order valence-electron chi connectivity index (χ2n) is 3.20. The van der Waals surface area contributed by atoms with Crippen molar-refractivity contribution >= 4 is 6.08 Å². The fourth-order valence-electron chi connectivity index (χ4n) is 0.917. The summed E-state index contributed by atoms with van der Waals surface area (Å²) in [5.41, 5.74) is 2.20. The molecule has 0 bridgehead atoms. The maximum absolute atomic E-state index is 4.27. The molecule has 0 aliphatic carbocycles. The van der Waals surface area contributed by atoms with Crippen molar-refractivity contribution in [2.75, 3.05) is 7.05 Å². The molecule has 0 aromatic carbocycles. The lowest BCUT2D eigenvalue weighted by Crippen LogP contribution is -2.17. The van der Waals surface area contributed by atoms with Crippen molar-refractivity contribution in [1.82, 2.24) is 10.3 Å². The average molecular weight is 176 g/mol. The zero-order valence-corrected chi connectivity index (χ0v) is 8.41. The van der Waals surface area contributed by atoms with E-state index in [0.29, 0.717) is 6.04 Å². The van der Waals surface area contributed by atoms with E-state index >= 15 is 0 Å². The number of hydrogen-bond acceptors (Lipinski definition) is 2. The molecule has 1 unspecified atom stereocenters. The van der Waals surface area contributed by atoms with Gasteiger partial charge in [-0.05, 0) is 38.6 Å². The second kappa shape index (κ2) is 4.77. The lowest BCUT2D eigenvalue weighted by atomic mass is 10.2. The summed E-state index contributed by atoms with van der Waals surface area (Å²) in [5, 5.41) is 3.13. The molecule has 1 atom stereocenters. The van der Waals surface area contributed by atoms with E-state index in [-0.39, 0.29) is 0 Å². The van der Waals surface area contributed by atoms with Gasteiger partial charge in [-0.3, -0.25) is 4.98 Å². The van der Waals surface area contributed by atoms with Gasteiger partial charge in [0.15, 0.2) is 0 Å². The number of aromatic nitrogens is 1. The number of nitrogens with one attached hydrogen (secondary N) is 1. The molecular formula is C11H16N2. The molecule has 2 nitrogen and oxygen atoms in total. The van der Waals surface area contributed by atoms with Gasteiger partial charge in [-0.15, -0.1) is 0 Å². The van der Waals surface area contributed by atoms with Crippen molar-refractivity contribution in [3.05, 3.63) is 35.7 Å². The molecule has 1 aromatic rings. The zero-order chi connectivity index (χ0) is 9.68. The number of likely N-dealkylation sites (N-methyl/N-ethyl adjacent to an activating group) is 1. The third kappa shape index (κ3) is 3.38. The summed E-state index contributed by atoms with van der Waals surface area (Å²) in [7, 11) is 1.94. The van der Waals surface area contributed by atoms with Crippen molar-refractivity contribution in [3.63, 3.8) is 0 Å². The third-order valence-corrected chi connectivity index (χ3v) is 1.95. The zero-order valence-electron chi connectivity index (χ0n) is 8.41. The summed E-state index contributed by atoms with van der Waals surface area (Å²) >= 11 is 0. The Balaban J connectivity index is 2.64. The van der Waals surface area contributed by atoms with E-state index < -0.39 is 0 Å². The van der Waals surface area contributed by atoms with Gasteiger partial charge < -0.3 is 5.32 Å². The second-order valence-corrected chi connectivity index (χ2v) is 3.20. The van der Waals surface area contributed by atoms with Crippen LogP contribution in [0.4, 0.5) is 0 Å². The minimum Gasteiger partial charge on any atom is -0.314 e. The lowest BCUT2D eigenvalue weighted by Gasteiger charge is -2.01. The number of nitrogens with zero attached hydrogens (tertiary/aromatic N) is 1. The summed E-state index contributed by atoms with van der Waals surface area (Å²) in [6.45, 7) is 4.14. The molecule has 0 saturated carbocycles. The first-order chi connectivity index (χ1) is 6.22. The molecule has 0 fully saturated rings. The Morgan fingerprint density at radius 1 is 1.46 bits per heavy atom. The number of aryl methyl sites for hydroxylation is 1. The van der Waals surface area contributed by atoms with Gasteiger partial charge in [0.25, 0.3) is 0 Å². The number of rotatable bonds is 3. The molecule has 1 heterocycles. The smallest absolute Gasteiger partial charge is 0.0627 e. The van der Waals surface area contributed by atoms with Crippen LogP contribution in [0.3, 0.4) is 0 Å². The van der Waals surface area contributed by atoms with Crippen molar-refractivity contribution in [3.8, 4) is 0 Å². The monoisotopic (exact) mass is 176 g/mol. The first kappa shape index (κ1) is 9.93. The van der Waals surface area contributed by atoms with Gasteiger partial charge in [-0.25, -0.2) is 0 Å². The van der Waals surface area contributed by atoms with E-state index in [1.165, 1.54) is 5.56 Å². The number of pyridine rings is 1. The number of hydrogen-bond donors (Lipinski definition) is 1. The highest BCUT2D eigenvalue weighted by Gasteiger charge is 1.91. The van der Waals surface area contributed by atoms with Gasteiger partial charge in [-0.2, -0.15) is 0 Å². The summed E-state index contributed by atoms with van der Waals surface area (Å²) in [6.07, 6.45) is 6.00. The van der Waals surface area contributed by atoms with Crippen LogP contribution in [0.5, 0.6) is 0 Å². The molecule has 0 saturated heterocycles. The Morgan fingerprint density at radius 3 is 2.77 bits per heavy atom. The molecular weight excluding hydrogens is 160 g/mol. The molecule has 0 amide bonds. The van der Waals surface area contributed by atoms with Gasteiger partial charge in [0.1, 0.15) is 0 Å². The van der Waals surface area contributed by atoms with Crippen LogP contribution in [0.25, 0.3) is 6.08 Å². The molecule has 2 heteroatoms. The SMILES string of the molecule is CNC(C)/C=C/c1ccc(C)cn1. The summed E-state index contributed by atoms with van der Waals surface area (Å²) in [6, 6.07) is 4.48. The molecule has 1 rings (SSSR count). The Labute approximate surface area is 79.7 Å². The van der Waals surface area contributed by atoms with Crippen molar-refractivity contribution in [2.24, 2.45) is 0 Å². The molecule has 1 N–H and O–H groups in total. The standard InChI is InChI=1S/C11H16N2/c1-9-4-6-11(13-8-9)7-5-10(2)12-3/h4-8,10,12H,1-3H3/b7-5+. The maximum atomic E-state index is 4.27. The highest BCUT2D eigenvalue weighted by Crippen LogP contribution is 2.01. The van der Waals surface area contributed by atoms with E-state index in [0.717, 1.165) is 5.69 Å². The topological polar surface area (TPSA) is 24.9 Å². The molecule has 70 valence electrons. The Hall–Kier alpha value is -1.15. The van der Waals surface area contributed by atoms with Crippen LogP contribution < -0.4 is 5.32 Å². The van der Waals surface area contributed by atoms with Crippen molar-refractivity contribution in [2.45, 2.75) is 19.9 Å². The molecule has 1 aromatic heterocycles. The predicted octanol–water partition coefficient (Wildman–Crippen LogP) is 2.01. The van der Waals surface area contributed by atoms with Crippen LogP contribution in [-0.2, 0) is 0 Å². The van der Waals surface area contributed by atoms with E-state index in [1.807, 2.05) is 32.3 Å². The van der Waals surface area contributed by atoms with Crippen LogP contribution >= 0.6 is 0 Å². The van der Waals surface area contributed by atoms with Crippen molar-refractivity contribution < 1.29 is 0 Å². The fourth-order valence-corrected chi connectivity index (χ4v) is 0.917. The van der Waals surface area contributed by atoms with Gasteiger partial charge >= 0.3 is 0 Å². The van der Waals surface area contributed by atoms with Crippen LogP contribution in [0, 0.1) is 6.92 Å². The maximum Gasteiger partial charge on any atom is 0.0627 e. The summed E-state index contributed by atoms with van der Waals surface area (Å²) < 4.78 is 0. The first-order valence-corrected chi connectivity index (χ1v) is 4.50. The van der Waals surface area contributed by atoms with Crippen LogP contribution in [0.15, 0.2) is 24.4 Å². The third-order valence-electron chi connectivity index (χ3n) is 1.95. The van der Waals surface area contributed by atoms with Gasteiger partial charge in [0.05, 0.1) is 5.69 Å². The van der Waals surface area contributed by atoms with Crippen LogP contribution in [0.1, 0.15) is 18.2 Å². The molecule has 0 aliphatic heterocycles. The minimum atomic E-state index is 0.392.